The minimum atomic E-state index is 0.0764. The van der Waals surface area contributed by atoms with Gasteiger partial charge >= 0.3 is 0 Å². The maximum Gasteiger partial charge on any atom is 0.229 e. The highest BCUT2D eigenvalue weighted by atomic mass is 16.3. The van der Waals surface area contributed by atoms with E-state index in [1.165, 1.54) is 32.1 Å². The van der Waals surface area contributed by atoms with Gasteiger partial charge in [0.25, 0.3) is 0 Å². The molecule has 2 aliphatic heterocycles. The lowest BCUT2D eigenvalue weighted by Gasteiger charge is -2.25. The van der Waals surface area contributed by atoms with Gasteiger partial charge in [0, 0.05) is 38.6 Å². The fraction of sp³-hybridized carbons (Fsp3) is 0.739. The summed E-state index contributed by atoms with van der Waals surface area (Å²) in [5, 5.41) is 13.3. The molecule has 9 heteroatoms. The van der Waals surface area contributed by atoms with Crippen LogP contribution in [0.25, 0.3) is 11.2 Å². The van der Waals surface area contributed by atoms with Gasteiger partial charge in [-0.2, -0.15) is 9.97 Å². The summed E-state index contributed by atoms with van der Waals surface area (Å²) in [4.78, 5) is 30.5. The summed E-state index contributed by atoms with van der Waals surface area (Å²) in [6.45, 7) is 3.38. The third-order valence-corrected chi connectivity index (χ3v) is 7.29. The van der Waals surface area contributed by atoms with Crippen molar-refractivity contribution in [1.29, 1.82) is 0 Å². The zero-order chi connectivity index (χ0) is 21.9. The SMILES string of the molecule is O=C1CCCN1CCCNc1nc(N2CCCC2CO)nc2c1ncn2C1CCCCC1. The first-order chi connectivity index (χ1) is 15.7. The van der Waals surface area contributed by atoms with Crippen molar-refractivity contribution in [3.8, 4) is 0 Å². The van der Waals surface area contributed by atoms with E-state index >= 15 is 0 Å². The Labute approximate surface area is 189 Å². The van der Waals surface area contributed by atoms with Crippen LogP contribution in [0.4, 0.5) is 11.8 Å². The van der Waals surface area contributed by atoms with E-state index in [0.717, 1.165) is 68.8 Å². The van der Waals surface area contributed by atoms with Gasteiger partial charge in [-0.15, -0.1) is 0 Å². The highest BCUT2D eigenvalue weighted by Crippen LogP contribution is 2.33. The summed E-state index contributed by atoms with van der Waals surface area (Å²) in [5.74, 6) is 1.71. The van der Waals surface area contributed by atoms with Gasteiger partial charge < -0.3 is 24.8 Å². The van der Waals surface area contributed by atoms with Crippen molar-refractivity contribution in [1.82, 2.24) is 24.4 Å². The normalized spacial score (nSPS) is 22.4. The Morgan fingerprint density at radius 1 is 1.06 bits per heavy atom. The highest BCUT2D eigenvalue weighted by Gasteiger charge is 2.28. The molecule has 1 atom stereocenters. The Morgan fingerprint density at radius 3 is 2.72 bits per heavy atom. The second-order valence-electron chi connectivity index (χ2n) is 9.42. The van der Waals surface area contributed by atoms with Crippen molar-refractivity contribution >= 4 is 28.8 Å². The molecule has 2 saturated heterocycles. The summed E-state index contributed by atoms with van der Waals surface area (Å²) >= 11 is 0. The van der Waals surface area contributed by atoms with Crippen LogP contribution < -0.4 is 10.2 Å². The fourth-order valence-corrected chi connectivity index (χ4v) is 5.49. The quantitative estimate of drug-likeness (QED) is 0.608. The number of nitrogens with zero attached hydrogens (tertiary/aromatic N) is 6. The molecule has 2 aromatic heterocycles. The van der Waals surface area contributed by atoms with E-state index in [2.05, 4.69) is 14.8 Å². The number of amides is 1. The number of aliphatic hydroxyl groups is 1. The van der Waals surface area contributed by atoms with Gasteiger partial charge in [0.2, 0.25) is 11.9 Å². The van der Waals surface area contributed by atoms with E-state index in [1.807, 2.05) is 11.2 Å². The summed E-state index contributed by atoms with van der Waals surface area (Å²) in [6.07, 6.45) is 12.6. The van der Waals surface area contributed by atoms with E-state index in [4.69, 9.17) is 15.0 Å². The molecule has 0 radical (unpaired) electrons. The van der Waals surface area contributed by atoms with E-state index in [-0.39, 0.29) is 18.6 Å². The van der Waals surface area contributed by atoms with Crippen LogP contribution in [0.2, 0.25) is 0 Å². The number of anilines is 2. The summed E-state index contributed by atoms with van der Waals surface area (Å²) in [5.41, 5.74) is 1.71. The minimum absolute atomic E-state index is 0.0764. The van der Waals surface area contributed by atoms with E-state index in [1.54, 1.807) is 0 Å². The van der Waals surface area contributed by atoms with Crippen LogP contribution in [0.3, 0.4) is 0 Å². The summed E-state index contributed by atoms with van der Waals surface area (Å²) < 4.78 is 2.25. The number of rotatable bonds is 8. The Kier molecular flexibility index (Phi) is 6.43. The predicted molar refractivity (Wildman–Crippen MR) is 124 cm³/mol. The van der Waals surface area contributed by atoms with Crippen LogP contribution in [0, 0.1) is 0 Å². The molecule has 2 N–H and O–H groups in total. The molecule has 2 aromatic rings. The standard InChI is InChI=1S/C23H35N7O2/c31-15-18-9-4-14-29(18)23-26-21(24-11-6-13-28-12-5-10-19(28)32)20-22(27-23)30(16-25-20)17-7-2-1-3-8-17/h16-18,31H,1-15H2,(H,24,26,27). The maximum absolute atomic E-state index is 11.9. The Balaban J connectivity index is 1.39. The van der Waals surface area contributed by atoms with Gasteiger partial charge in [0.1, 0.15) is 0 Å². The average Bonchev–Trinajstić information content (AvgIpc) is 3.56. The highest BCUT2D eigenvalue weighted by molar-refractivity contribution is 5.84. The maximum atomic E-state index is 11.9. The zero-order valence-electron chi connectivity index (χ0n) is 18.9. The monoisotopic (exact) mass is 441 g/mol. The number of imidazole rings is 1. The van der Waals surface area contributed by atoms with Crippen LogP contribution in [-0.2, 0) is 4.79 Å². The fourth-order valence-electron chi connectivity index (χ4n) is 5.49. The number of likely N-dealkylation sites (tertiary alicyclic amines) is 1. The second kappa shape index (κ2) is 9.60. The number of carbonyl (C=O) groups excluding carboxylic acids is 1. The number of hydrogen-bond donors (Lipinski definition) is 2. The van der Waals surface area contributed by atoms with Gasteiger partial charge in [-0.25, -0.2) is 4.98 Å². The summed E-state index contributed by atoms with van der Waals surface area (Å²) in [6, 6.07) is 0.519. The van der Waals surface area contributed by atoms with E-state index in [0.29, 0.717) is 18.4 Å². The molecular formula is C23H35N7O2. The van der Waals surface area contributed by atoms with Gasteiger partial charge in [-0.05, 0) is 38.5 Å². The molecule has 5 rings (SSSR count). The number of aromatic nitrogens is 4. The van der Waals surface area contributed by atoms with Crippen molar-refractivity contribution in [2.24, 2.45) is 0 Å². The van der Waals surface area contributed by atoms with Crippen LogP contribution in [0.15, 0.2) is 6.33 Å². The van der Waals surface area contributed by atoms with Crippen LogP contribution >= 0.6 is 0 Å². The lowest BCUT2D eigenvalue weighted by atomic mass is 9.95. The van der Waals surface area contributed by atoms with E-state index in [9.17, 15) is 9.90 Å². The lowest BCUT2D eigenvalue weighted by molar-refractivity contribution is -0.127. The number of carbonyl (C=O) groups is 1. The lowest BCUT2D eigenvalue weighted by Crippen LogP contribution is -2.33. The molecule has 32 heavy (non-hydrogen) atoms. The van der Waals surface area contributed by atoms with Gasteiger partial charge in [0.15, 0.2) is 17.0 Å². The molecule has 1 aliphatic carbocycles. The first-order valence-electron chi connectivity index (χ1n) is 12.4. The molecule has 9 nitrogen and oxygen atoms in total. The molecule has 174 valence electrons. The van der Waals surface area contributed by atoms with Crippen LogP contribution in [-0.4, -0.2) is 74.3 Å². The average molecular weight is 442 g/mol. The summed E-state index contributed by atoms with van der Waals surface area (Å²) in [7, 11) is 0. The van der Waals surface area contributed by atoms with Gasteiger partial charge in [-0.1, -0.05) is 19.3 Å². The number of fused-ring (bicyclic) bond motifs is 1. The Hall–Kier alpha value is -2.42. The van der Waals surface area contributed by atoms with Crippen LogP contribution in [0.1, 0.15) is 70.3 Å². The predicted octanol–water partition coefficient (Wildman–Crippen LogP) is 2.72. The molecular weight excluding hydrogens is 406 g/mol. The third-order valence-electron chi connectivity index (χ3n) is 7.29. The molecule has 1 saturated carbocycles. The Bertz CT molecular complexity index is 940. The van der Waals surface area contributed by atoms with Crippen molar-refractivity contribution in [3.63, 3.8) is 0 Å². The Morgan fingerprint density at radius 2 is 1.94 bits per heavy atom. The third kappa shape index (κ3) is 4.27. The minimum Gasteiger partial charge on any atom is -0.394 e. The van der Waals surface area contributed by atoms with Crippen molar-refractivity contribution in [2.75, 3.05) is 43.0 Å². The molecule has 0 bridgehead atoms. The molecule has 1 amide bonds. The van der Waals surface area contributed by atoms with Crippen LogP contribution in [0.5, 0.6) is 0 Å². The number of hydrogen-bond acceptors (Lipinski definition) is 7. The van der Waals surface area contributed by atoms with Gasteiger partial charge in [-0.3, -0.25) is 4.79 Å². The number of nitrogens with one attached hydrogen (secondary N) is 1. The molecule has 4 heterocycles. The first kappa shape index (κ1) is 21.4. The molecule has 1 unspecified atom stereocenters. The molecule has 0 aromatic carbocycles. The smallest absolute Gasteiger partial charge is 0.229 e. The van der Waals surface area contributed by atoms with Crippen molar-refractivity contribution in [3.05, 3.63) is 6.33 Å². The second-order valence-corrected chi connectivity index (χ2v) is 9.42. The molecule has 0 spiro atoms. The molecule has 3 fully saturated rings. The van der Waals surface area contributed by atoms with Crippen molar-refractivity contribution < 1.29 is 9.90 Å². The largest absolute Gasteiger partial charge is 0.394 e. The van der Waals surface area contributed by atoms with Gasteiger partial charge in [0.05, 0.1) is 19.0 Å². The number of aliphatic hydroxyl groups excluding tert-OH is 1. The zero-order valence-corrected chi connectivity index (χ0v) is 18.9. The van der Waals surface area contributed by atoms with Crippen molar-refractivity contribution in [2.45, 2.75) is 76.3 Å². The van der Waals surface area contributed by atoms with E-state index < -0.39 is 0 Å². The molecule has 3 aliphatic rings. The first-order valence-corrected chi connectivity index (χ1v) is 12.4. The topological polar surface area (TPSA) is 99.4 Å².